The van der Waals surface area contributed by atoms with Crippen molar-refractivity contribution in [3.8, 4) is 17.2 Å². The van der Waals surface area contributed by atoms with E-state index in [0.717, 1.165) is 26.1 Å². The summed E-state index contributed by atoms with van der Waals surface area (Å²) in [4.78, 5) is 29.2. The van der Waals surface area contributed by atoms with E-state index in [9.17, 15) is 14.7 Å². The molecule has 0 aromatic heterocycles. The SMILES string of the molecule is CCCN1CCC2(CC1)OC[C@@H](C(=O)O)N2C(=O)c1cc(OC)c(OC)c(OC)c1. The minimum absolute atomic E-state index is 0.0285. The van der Waals surface area contributed by atoms with Crippen molar-refractivity contribution in [3.63, 3.8) is 0 Å². The normalized spacial score (nSPS) is 20.9. The van der Waals surface area contributed by atoms with Crippen LogP contribution in [0.3, 0.4) is 0 Å². The van der Waals surface area contributed by atoms with Crippen molar-refractivity contribution >= 4 is 11.9 Å². The van der Waals surface area contributed by atoms with Crippen molar-refractivity contribution in [3.05, 3.63) is 17.7 Å². The number of nitrogens with zero attached hydrogens (tertiary/aromatic N) is 2. The number of aliphatic carboxylic acids is 1. The maximum Gasteiger partial charge on any atom is 0.328 e. The molecule has 166 valence electrons. The quantitative estimate of drug-likeness (QED) is 0.711. The van der Waals surface area contributed by atoms with Crippen molar-refractivity contribution in [1.82, 2.24) is 9.80 Å². The lowest BCUT2D eigenvalue weighted by atomic mass is 9.96. The number of carbonyl (C=O) groups is 2. The molecule has 0 saturated carbocycles. The molecule has 0 aliphatic carbocycles. The summed E-state index contributed by atoms with van der Waals surface area (Å²) < 4.78 is 22.0. The highest BCUT2D eigenvalue weighted by molar-refractivity contribution is 5.98. The van der Waals surface area contributed by atoms with Crippen molar-refractivity contribution in [1.29, 1.82) is 0 Å². The molecular weight excluding hydrogens is 392 g/mol. The first-order valence-corrected chi connectivity index (χ1v) is 10.1. The number of amides is 1. The Morgan fingerprint density at radius 1 is 1.13 bits per heavy atom. The van der Waals surface area contributed by atoms with Crippen LogP contribution in [0.5, 0.6) is 17.2 Å². The van der Waals surface area contributed by atoms with Crippen LogP contribution in [0.1, 0.15) is 36.5 Å². The Morgan fingerprint density at radius 2 is 1.73 bits per heavy atom. The third kappa shape index (κ3) is 3.91. The van der Waals surface area contributed by atoms with E-state index >= 15 is 0 Å². The molecule has 2 heterocycles. The Morgan fingerprint density at radius 3 is 2.20 bits per heavy atom. The molecule has 0 unspecified atom stereocenters. The van der Waals surface area contributed by atoms with Crippen LogP contribution in [0, 0.1) is 0 Å². The summed E-state index contributed by atoms with van der Waals surface area (Å²) in [5.41, 5.74) is -0.665. The van der Waals surface area contributed by atoms with Crippen LogP contribution in [0.25, 0.3) is 0 Å². The van der Waals surface area contributed by atoms with Gasteiger partial charge in [-0.1, -0.05) is 6.92 Å². The fourth-order valence-electron chi connectivity index (χ4n) is 4.34. The molecule has 0 bridgehead atoms. The van der Waals surface area contributed by atoms with Gasteiger partial charge in [0.1, 0.15) is 5.72 Å². The highest BCUT2D eigenvalue weighted by Crippen LogP contribution is 2.42. The van der Waals surface area contributed by atoms with Gasteiger partial charge in [0.25, 0.3) is 5.91 Å². The summed E-state index contributed by atoms with van der Waals surface area (Å²) in [6.07, 6.45) is 2.17. The summed E-state index contributed by atoms with van der Waals surface area (Å²) >= 11 is 0. The smallest absolute Gasteiger partial charge is 0.328 e. The van der Waals surface area contributed by atoms with Gasteiger partial charge < -0.3 is 29.0 Å². The van der Waals surface area contributed by atoms with E-state index in [2.05, 4.69) is 11.8 Å². The van der Waals surface area contributed by atoms with Crippen LogP contribution in [0.15, 0.2) is 12.1 Å². The van der Waals surface area contributed by atoms with Gasteiger partial charge in [-0.2, -0.15) is 0 Å². The first-order chi connectivity index (χ1) is 14.4. The molecule has 1 spiro atoms. The fraction of sp³-hybridized carbons (Fsp3) is 0.619. The number of piperidine rings is 1. The zero-order chi connectivity index (χ0) is 21.9. The molecule has 2 saturated heterocycles. The summed E-state index contributed by atoms with van der Waals surface area (Å²) in [7, 11) is 4.42. The van der Waals surface area contributed by atoms with Crippen LogP contribution in [-0.2, 0) is 9.53 Å². The fourth-order valence-corrected chi connectivity index (χ4v) is 4.34. The number of rotatable bonds is 7. The first kappa shape index (κ1) is 22.2. The zero-order valence-electron chi connectivity index (χ0n) is 18.0. The number of hydrogen-bond acceptors (Lipinski definition) is 7. The standard InChI is InChI=1S/C21H30N2O7/c1-5-8-22-9-6-21(7-10-22)23(15(13-30-21)20(25)26)19(24)14-11-16(27-2)18(29-4)17(12-14)28-3/h11-12,15H,5-10,13H2,1-4H3,(H,25,26)/t15-/m0/s1. The van der Waals surface area contributed by atoms with Gasteiger partial charge in [-0.05, 0) is 25.1 Å². The Balaban J connectivity index is 1.97. The predicted molar refractivity (Wildman–Crippen MR) is 108 cm³/mol. The summed E-state index contributed by atoms with van der Waals surface area (Å²) in [5, 5.41) is 9.76. The van der Waals surface area contributed by atoms with Crippen LogP contribution >= 0.6 is 0 Å². The maximum absolute atomic E-state index is 13.6. The summed E-state index contributed by atoms with van der Waals surface area (Å²) in [6.45, 7) is 4.56. The van der Waals surface area contributed by atoms with Crippen LogP contribution in [0.2, 0.25) is 0 Å². The van der Waals surface area contributed by atoms with E-state index in [1.807, 2.05) is 0 Å². The van der Waals surface area contributed by atoms with Crippen LogP contribution < -0.4 is 14.2 Å². The lowest BCUT2D eigenvalue weighted by Crippen LogP contribution is -2.58. The van der Waals surface area contributed by atoms with Gasteiger partial charge >= 0.3 is 5.97 Å². The number of hydrogen-bond donors (Lipinski definition) is 1. The van der Waals surface area contributed by atoms with E-state index in [0.29, 0.717) is 30.1 Å². The van der Waals surface area contributed by atoms with Crippen molar-refractivity contribution < 1.29 is 33.6 Å². The highest BCUT2D eigenvalue weighted by atomic mass is 16.5. The van der Waals surface area contributed by atoms with Gasteiger partial charge in [-0.3, -0.25) is 9.69 Å². The number of likely N-dealkylation sites (tertiary alicyclic amines) is 1. The summed E-state index contributed by atoms with van der Waals surface area (Å²) in [6, 6.07) is 2.04. The largest absolute Gasteiger partial charge is 0.493 e. The molecule has 3 rings (SSSR count). The third-order valence-electron chi connectivity index (χ3n) is 5.85. The molecule has 0 radical (unpaired) electrons. The molecule has 9 nitrogen and oxygen atoms in total. The topological polar surface area (TPSA) is 97.8 Å². The van der Waals surface area contributed by atoms with Gasteiger partial charge in [-0.15, -0.1) is 0 Å². The van der Waals surface area contributed by atoms with Gasteiger partial charge in [0.05, 0.1) is 27.9 Å². The first-order valence-electron chi connectivity index (χ1n) is 10.1. The molecule has 30 heavy (non-hydrogen) atoms. The number of ether oxygens (including phenoxy) is 4. The van der Waals surface area contributed by atoms with E-state index in [-0.39, 0.29) is 12.2 Å². The van der Waals surface area contributed by atoms with Gasteiger partial charge in [-0.25, -0.2) is 4.79 Å². The number of carboxylic acids is 1. The van der Waals surface area contributed by atoms with Crippen molar-refractivity contribution in [2.24, 2.45) is 0 Å². The number of carboxylic acid groups (broad SMARTS) is 1. The third-order valence-corrected chi connectivity index (χ3v) is 5.85. The molecule has 1 aromatic rings. The number of benzene rings is 1. The van der Waals surface area contributed by atoms with E-state index in [1.165, 1.54) is 26.2 Å². The lowest BCUT2D eigenvalue weighted by molar-refractivity contribution is -0.143. The second-order valence-corrected chi connectivity index (χ2v) is 7.54. The minimum Gasteiger partial charge on any atom is -0.493 e. The number of methoxy groups -OCH3 is 3. The minimum atomic E-state index is -1.08. The molecule has 1 N–H and O–H groups in total. The average Bonchev–Trinajstić information content (AvgIpc) is 3.12. The monoisotopic (exact) mass is 422 g/mol. The van der Waals surface area contributed by atoms with Crippen molar-refractivity contribution in [2.45, 2.75) is 38.0 Å². The van der Waals surface area contributed by atoms with Crippen LogP contribution in [-0.4, -0.2) is 86.1 Å². The molecule has 2 aliphatic rings. The molecular formula is C21H30N2O7. The Hall–Kier alpha value is -2.52. The predicted octanol–water partition coefficient (Wildman–Crippen LogP) is 1.84. The molecule has 1 aromatic carbocycles. The molecule has 1 atom stereocenters. The lowest BCUT2D eigenvalue weighted by Gasteiger charge is -2.44. The molecule has 2 fully saturated rings. The molecule has 9 heteroatoms. The Labute approximate surface area is 176 Å². The summed E-state index contributed by atoms with van der Waals surface area (Å²) in [5.74, 6) is -0.476. The Bertz CT molecular complexity index is 765. The Kier molecular flexibility index (Phi) is 6.72. The molecule has 2 aliphatic heterocycles. The van der Waals surface area contributed by atoms with Gasteiger partial charge in [0.15, 0.2) is 17.5 Å². The zero-order valence-corrected chi connectivity index (χ0v) is 18.0. The van der Waals surface area contributed by atoms with E-state index in [4.69, 9.17) is 18.9 Å². The maximum atomic E-state index is 13.6. The van der Waals surface area contributed by atoms with Gasteiger partial charge in [0.2, 0.25) is 5.75 Å². The highest BCUT2D eigenvalue weighted by Gasteiger charge is 2.54. The average molecular weight is 422 g/mol. The number of carbonyl (C=O) groups excluding carboxylic acids is 1. The van der Waals surface area contributed by atoms with Crippen LogP contribution in [0.4, 0.5) is 0 Å². The second kappa shape index (κ2) is 9.09. The van der Waals surface area contributed by atoms with Crippen molar-refractivity contribution in [2.75, 3.05) is 47.6 Å². The van der Waals surface area contributed by atoms with E-state index in [1.54, 1.807) is 12.1 Å². The van der Waals surface area contributed by atoms with Gasteiger partial charge in [0, 0.05) is 31.5 Å². The molecule has 1 amide bonds. The van der Waals surface area contributed by atoms with E-state index < -0.39 is 23.6 Å². The second-order valence-electron chi connectivity index (χ2n) is 7.54.